The zero-order valence-electron chi connectivity index (χ0n) is 12.8. The average Bonchev–Trinajstić information content (AvgIpc) is 2.83. The van der Waals surface area contributed by atoms with Gasteiger partial charge in [0.1, 0.15) is 11.1 Å². The molecule has 5 nitrogen and oxygen atoms in total. The summed E-state index contributed by atoms with van der Waals surface area (Å²) < 4.78 is 10.1. The van der Waals surface area contributed by atoms with Crippen molar-refractivity contribution in [3.05, 3.63) is 22.6 Å². The molecular weight excluding hydrogens is 327 g/mol. The lowest BCUT2D eigenvalue weighted by Crippen LogP contribution is -2.19. The van der Waals surface area contributed by atoms with Gasteiger partial charge in [0.25, 0.3) is 0 Å². The van der Waals surface area contributed by atoms with Crippen LogP contribution in [0.2, 0.25) is 0 Å². The number of allylic oxidation sites excluding steroid dienone is 1. The van der Waals surface area contributed by atoms with E-state index in [0.29, 0.717) is 23.6 Å². The number of hydrogen-bond donors (Lipinski definition) is 0. The van der Waals surface area contributed by atoms with Gasteiger partial charge < -0.3 is 9.26 Å². The van der Waals surface area contributed by atoms with Gasteiger partial charge in [-0.25, -0.2) is 0 Å². The molecule has 7 heteroatoms. The molecule has 0 saturated carbocycles. The van der Waals surface area contributed by atoms with E-state index in [1.165, 1.54) is 0 Å². The number of aryl methyl sites for hydroxylation is 2. The van der Waals surface area contributed by atoms with Crippen LogP contribution in [0.3, 0.4) is 0 Å². The number of aromatic nitrogens is 1. The van der Waals surface area contributed by atoms with E-state index < -0.39 is 11.3 Å². The first-order chi connectivity index (χ1) is 10.4. The Morgan fingerprint density at radius 3 is 2.68 bits per heavy atom. The van der Waals surface area contributed by atoms with Crippen molar-refractivity contribution in [3.63, 3.8) is 0 Å². The van der Waals surface area contributed by atoms with Crippen molar-refractivity contribution in [1.82, 2.24) is 5.16 Å². The van der Waals surface area contributed by atoms with E-state index in [0.717, 1.165) is 12.8 Å². The molecular formula is C15H18Cl2N2O3. The summed E-state index contributed by atoms with van der Waals surface area (Å²) in [7, 11) is 0. The number of unbranched alkanes of at least 4 members (excludes halogenated alkanes) is 1. The molecule has 0 saturated heterocycles. The van der Waals surface area contributed by atoms with E-state index >= 15 is 0 Å². The second-order valence-electron chi connectivity index (χ2n) is 4.80. The second-order valence-corrected chi connectivity index (χ2v) is 5.70. The van der Waals surface area contributed by atoms with E-state index in [9.17, 15) is 10.1 Å². The number of hydrogen-bond acceptors (Lipinski definition) is 5. The van der Waals surface area contributed by atoms with Crippen LogP contribution in [0, 0.1) is 25.2 Å². The molecule has 0 fully saturated rings. The smallest absolute Gasteiger partial charge is 0.324 e. The van der Waals surface area contributed by atoms with Crippen LogP contribution in [0.5, 0.6) is 0 Å². The Morgan fingerprint density at radius 2 is 2.18 bits per heavy atom. The Hall–Kier alpha value is -1.51. The van der Waals surface area contributed by atoms with E-state index in [-0.39, 0.29) is 17.0 Å². The van der Waals surface area contributed by atoms with Crippen molar-refractivity contribution >= 4 is 34.2 Å². The first kappa shape index (κ1) is 18.5. The predicted molar refractivity (Wildman–Crippen MR) is 84.5 cm³/mol. The van der Waals surface area contributed by atoms with Gasteiger partial charge in [0.2, 0.25) is 0 Å². The van der Waals surface area contributed by atoms with Crippen molar-refractivity contribution in [2.45, 2.75) is 45.4 Å². The molecule has 0 spiro atoms. The van der Waals surface area contributed by atoms with Gasteiger partial charge in [0.05, 0.1) is 34.5 Å². The number of carbonyl (C=O) groups is 1. The molecule has 0 aliphatic carbocycles. The van der Waals surface area contributed by atoms with Crippen LogP contribution in [-0.4, -0.2) is 23.1 Å². The van der Waals surface area contributed by atoms with Crippen molar-refractivity contribution in [1.29, 1.82) is 5.26 Å². The number of esters is 1. The standard InChI is InChI=1S/C15H18Cl2N2O3/c1-4-5-6-21-15(20)12(16)7-11(8-18)14(17)13-9(2)19-22-10(13)3/h12H,4-7H2,1-3H3/b14-11-. The number of nitriles is 1. The number of nitrogens with zero attached hydrogens (tertiary/aromatic N) is 2. The summed E-state index contributed by atoms with van der Waals surface area (Å²) in [4.78, 5) is 11.8. The van der Waals surface area contributed by atoms with Gasteiger partial charge in [-0.1, -0.05) is 30.1 Å². The van der Waals surface area contributed by atoms with Crippen molar-refractivity contribution in [2.75, 3.05) is 6.61 Å². The molecule has 0 bridgehead atoms. The third kappa shape index (κ3) is 4.75. The highest BCUT2D eigenvalue weighted by atomic mass is 35.5. The topological polar surface area (TPSA) is 76.1 Å². The van der Waals surface area contributed by atoms with Crippen molar-refractivity contribution in [3.8, 4) is 6.07 Å². The maximum Gasteiger partial charge on any atom is 0.324 e. The summed E-state index contributed by atoms with van der Waals surface area (Å²) in [5.41, 5.74) is 1.33. The minimum atomic E-state index is -0.958. The normalized spacial score (nSPS) is 13.3. The number of alkyl halides is 1. The Kier molecular flexibility index (Phi) is 7.43. The average molecular weight is 345 g/mol. The van der Waals surface area contributed by atoms with Gasteiger partial charge in [-0.15, -0.1) is 11.6 Å². The summed E-state index contributed by atoms with van der Waals surface area (Å²) in [5, 5.41) is 12.3. The molecule has 1 rings (SSSR count). The van der Waals surface area contributed by atoms with E-state index in [1.54, 1.807) is 13.8 Å². The molecule has 1 atom stereocenters. The minimum absolute atomic E-state index is 0.00803. The summed E-state index contributed by atoms with van der Waals surface area (Å²) in [6.45, 7) is 5.73. The molecule has 0 N–H and O–H groups in total. The van der Waals surface area contributed by atoms with Crippen LogP contribution in [-0.2, 0) is 9.53 Å². The van der Waals surface area contributed by atoms with Gasteiger partial charge in [-0.2, -0.15) is 5.26 Å². The molecule has 0 aromatic carbocycles. The van der Waals surface area contributed by atoms with Gasteiger partial charge in [0.15, 0.2) is 0 Å². The highest BCUT2D eigenvalue weighted by Crippen LogP contribution is 2.31. The van der Waals surface area contributed by atoms with Crippen LogP contribution in [0.15, 0.2) is 10.1 Å². The first-order valence-electron chi connectivity index (χ1n) is 6.95. The number of ether oxygens (including phenoxy) is 1. The number of carbonyl (C=O) groups excluding carboxylic acids is 1. The van der Waals surface area contributed by atoms with Gasteiger partial charge in [-0.05, 0) is 20.3 Å². The third-order valence-electron chi connectivity index (χ3n) is 3.03. The van der Waals surface area contributed by atoms with Crippen LogP contribution in [0.4, 0.5) is 0 Å². The monoisotopic (exact) mass is 344 g/mol. The maximum atomic E-state index is 11.8. The fourth-order valence-corrected chi connectivity index (χ4v) is 2.41. The van der Waals surface area contributed by atoms with Crippen LogP contribution in [0.1, 0.15) is 43.2 Å². The molecule has 1 heterocycles. The van der Waals surface area contributed by atoms with E-state index in [1.807, 2.05) is 13.0 Å². The third-order valence-corrected chi connectivity index (χ3v) is 3.78. The van der Waals surface area contributed by atoms with Crippen LogP contribution in [0.25, 0.3) is 5.03 Å². The van der Waals surface area contributed by atoms with Gasteiger partial charge >= 0.3 is 5.97 Å². The molecule has 0 amide bonds. The van der Waals surface area contributed by atoms with Crippen LogP contribution >= 0.6 is 23.2 Å². The fraction of sp³-hybridized carbons (Fsp3) is 0.533. The molecule has 1 aromatic heterocycles. The fourth-order valence-electron chi connectivity index (χ4n) is 1.80. The summed E-state index contributed by atoms with van der Waals surface area (Å²) in [5.74, 6) is -0.0435. The lowest BCUT2D eigenvalue weighted by molar-refractivity contribution is -0.143. The lowest BCUT2D eigenvalue weighted by Gasteiger charge is -2.10. The Labute approximate surface area is 139 Å². The van der Waals surface area contributed by atoms with Gasteiger partial charge in [-0.3, -0.25) is 4.79 Å². The van der Waals surface area contributed by atoms with Crippen molar-refractivity contribution in [2.24, 2.45) is 0 Å². The highest BCUT2D eigenvalue weighted by molar-refractivity contribution is 6.50. The molecule has 0 aliphatic rings. The second kappa shape index (κ2) is 8.82. The number of rotatable bonds is 7. The van der Waals surface area contributed by atoms with Crippen molar-refractivity contribution < 1.29 is 14.1 Å². The molecule has 0 aliphatic heterocycles. The van der Waals surface area contributed by atoms with Gasteiger partial charge in [0, 0.05) is 6.42 Å². The van der Waals surface area contributed by atoms with E-state index in [4.69, 9.17) is 32.5 Å². The van der Waals surface area contributed by atoms with E-state index in [2.05, 4.69) is 5.16 Å². The first-order valence-corrected chi connectivity index (χ1v) is 7.76. The minimum Gasteiger partial charge on any atom is -0.465 e. The summed E-state index contributed by atoms with van der Waals surface area (Å²) >= 11 is 12.3. The molecule has 1 unspecified atom stereocenters. The lowest BCUT2D eigenvalue weighted by atomic mass is 10.1. The quantitative estimate of drug-likeness (QED) is 0.322. The molecule has 22 heavy (non-hydrogen) atoms. The zero-order chi connectivity index (χ0) is 16.7. The predicted octanol–water partition coefficient (Wildman–Crippen LogP) is 4.11. The molecule has 120 valence electrons. The summed E-state index contributed by atoms with van der Waals surface area (Å²) in [6.07, 6.45) is 1.68. The largest absolute Gasteiger partial charge is 0.465 e. The zero-order valence-corrected chi connectivity index (χ0v) is 14.3. The molecule has 1 aromatic rings. The highest BCUT2D eigenvalue weighted by Gasteiger charge is 2.23. The maximum absolute atomic E-state index is 11.8. The Bertz CT molecular complexity index is 583. The van der Waals surface area contributed by atoms with Crippen LogP contribution < -0.4 is 0 Å². The SMILES string of the molecule is CCCCOC(=O)C(Cl)C/C(C#N)=C(/Cl)c1c(C)noc1C. The number of halogens is 2. The summed E-state index contributed by atoms with van der Waals surface area (Å²) in [6, 6.07) is 1.98. The Balaban J connectivity index is 2.86. The Morgan fingerprint density at radius 1 is 1.50 bits per heavy atom. The molecule has 0 radical (unpaired) electrons.